The molecule has 2 aliphatic heterocycles. The van der Waals surface area contributed by atoms with Crippen molar-refractivity contribution in [2.24, 2.45) is 0 Å². The van der Waals surface area contributed by atoms with Crippen molar-refractivity contribution in [2.45, 2.75) is 71.1 Å². The summed E-state index contributed by atoms with van der Waals surface area (Å²) >= 11 is 0. The number of hydrogen-bond acceptors (Lipinski definition) is 5. The Morgan fingerprint density at radius 3 is 2.75 bits per heavy atom. The molecule has 7 heteroatoms. The molecule has 1 amide bonds. The Balaban J connectivity index is 1.88. The lowest BCUT2D eigenvalue weighted by Gasteiger charge is -2.21. The first kappa shape index (κ1) is 17.0. The third-order valence-corrected chi connectivity index (χ3v) is 4.13. The summed E-state index contributed by atoms with van der Waals surface area (Å²) in [5, 5.41) is 2.78. The number of carbonyl (C=O) groups excluding carboxylic acids is 2. The van der Waals surface area contributed by atoms with E-state index in [0.29, 0.717) is 31.1 Å². The molecule has 1 N–H and O–H groups in total. The molecule has 3 rings (SSSR count). The van der Waals surface area contributed by atoms with Gasteiger partial charge in [-0.1, -0.05) is 0 Å². The van der Waals surface area contributed by atoms with E-state index in [2.05, 4.69) is 10.3 Å². The molecule has 132 valence electrons. The predicted molar refractivity (Wildman–Crippen MR) is 87.9 cm³/mol. The van der Waals surface area contributed by atoms with E-state index < -0.39 is 17.7 Å². The number of imidazole rings is 1. The second-order valence-electron chi connectivity index (χ2n) is 7.33. The maximum atomic E-state index is 12.7. The van der Waals surface area contributed by atoms with E-state index in [1.807, 2.05) is 25.3 Å². The first-order valence-corrected chi connectivity index (χ1v) is 8.60. The Labute approximate surface area is 141 Å². The van der Waals surface area contributed by atoms with Gasteiger partial charge in [-0.2, -0.15) is 0 Å². The molecule has 0 bridgehead atoms. The van der Waals surface area contributed by atoms with Crippen LogP contribution in [0.3, 0.4) is 0 Å². The molecule has 3 heterocycles. The molecular formula is C17H25N3O4. The Morgan fingerprint density at radius 1 is 1.29 bits per heavy atom. The topological polar surface area (TPSA) is 82.4 Å². The fourth-order valence-electron chi connectivity index (χ4n) is 3.09. The molecule has 0 saturated carbocycles. The molecule has 1 saturated heterocycles. The molecular weight excluding hydrogens is 310 g/mol. The predicted octanol–water partition coefficient (Wildman–Crippen LogP) is 2.29. The second kappa shape index (κ2) is 6.55. The maximum absolute atomic E-state index is 12.7. The lowest BCUT2D eigenvalue weighted by atomic mass is 10.1. The van der Waals surface area contributed by atoms with Gasteiger partial charge in [0.05, 0.1) is 0 Å². The lowest BCUT2D eigenvalue weighted by Crippen LogP contribution is -2.30. The van der Waals surface area contributed by atoms with Gasteiger partial charge in [0.25, 0.3) is 5.91 Å². The molecule has 24 heavy (non-hydrogen) atoms. The quantitative estimate of drug-likeness (QED) is 0.857. The summed E-state index contributed by atoms with van der Waals surface area (Å²) in [4.78, 5) is 29.5. The molecule has 0 radical (unpaired) electrons. The highest BCUT2D eigenvalue weighted by Gasteiger charge is 2.31. The highest BCUT2D eigenvalue weighted by molar-refractivity contribution is 6.00. The van der Waals surface area contributed by atoms with Crippen molar-refractivity contribution >= 4 is 17.7 Å². The Kier molecular flexibility index (Phi) is 4.62. The molecule has 1 atom stereocenters. The normalized spacial score (nSPS) is 20.5. The molecule has 1 aromatic rings. The third-order valence-electron chi connectivity index (χ3n) is 4.13. The number of nitrogens with one attached hydrogen (secondary N) is 1. The zero-order chi connectivity index (χ0) is 17.3. The summed E-state index contributed by atoms with van der Waals surface area (Å²) < 4.78 is 12.8. The first-order valence-electron chi connectivity index (χ1n) is 8.60. The van der Waals surface area contributed by atoms with Crippen LogP contribution < -0.4 is 5.32 Å². The number of esters is 1. The van der Waals surface area contributed by atoms with Gasteiger partial charge >= 0.3 is 5.97 Å². The molecule has 7 nitrogen and oxygen atoms in total. The summed E-state index contributed by atoms with van der Waals surface area (Å²) in [7, 11) is 0. The summed E-state index contributed by atoms with van der Waals surface area (Å²) in [6.07, 6.45) is 3.92. The van der Waals surface area contributed by atoms with Crippen LogP contribution in [0.2, 0.25) is 0 Å². The van der Waals surface area contributed by atoms with Crippen molar-refractivity contribution in [3.05, 3.63) is 11.5 Å². The zero-order valence-corrected chi connectivity index (χ0v) is 14.6. The zero-order valence-electron chi connectivity index (χ0n) is 14.6. The number of anilines is 1. The Hall–Kier alpha value is -1.89. The highest BCUT2D eigenvalue weighted by atomic mass is 16.6. The molecule has 0 aromatic carbocycles. The minimum atomic E-state index is -0.605. The van der Waals surface area contributed by atoms with Gasteiger partial charge in [0, 0.05) is 19.6 Å². The minimum Gasteiger partial charge on any atom is -0.455 e. The van der Waals surface area contributed by atoms with Crippen LogP contribution >= 0.6 is 0 Å². The summed E-state index contributed by atoms with van der Waals surface area (Å²) in [6.45, 7) is 6.78. The van der Waals surface area contributed by atoms with E-state index in [-0.39, 0.29) is 5.91 Å². The van der Waals surface area contributed by atoms with Crippen molar-refractivity contribution in [2.75, 3.05) is 11.9 Å². The largest absolute Gasteiger partial charge is 0.455 e. The van der Waals surface area contributed by atoms with Crippen LogP contribution in [0.15, 0.2) is 0 Å². The summed E-state index contributed by atoms with van der Waals surface area (Å²) in [5.74, 6) is 0.421. The van der Waals surface area contributed by atoms with E-state index in [0.717, 1.165) is 31.5 Å². The van der Waals surface area contributed by atoms with Crippen LogP contribution in [0.25, 0.3) is 0 Å². The van der Waals surface area contributed by atoms with Gasteiger partial charge < -0.3 is 19.4 Å². The number of fused-ring (bicyclic) bond motifs is 1. The molecule has 1 unspecified atom stereocenters. The van der Waals surface area contributed by atoms with E-state index >= 15 is 0 Å². The van der Waals surface area contributed by atoms with Crippen LogP contribution in [-0.4, -0.2) is 39.7 Å². The number of ether oxygens (including phenoxy) is 2. The van der Waals surface area contributed by atoms with Gasteiger partial charge in [-0.05, 0) is 46.5 Å². The van der Waals surface area contributed by atoms with Gasteiger partial charge in [-0.15, -0.1) is 0 Å². The van der Waals surface area contributed by atoms with Crippen molar-refractivity contribution in [1.82, 2.24) is 9.55 Å². The monoisotopic (exact) mass is 335 g/mol. The van der Waals surface area contributed by atoms with E-state index in [1.54, 1.807) is 0 Å². The summed E-state index contributed by atoms with van der Waals surface area (Å²) in [5.41, 5.74) is -0.266. The number of amides is 1. The number of carbonyl (C=O) groups is 2. The van der Waals surface area contributed by atoms with Gasteiger partial charge in [0.15, 0.2) is 11.5 Å². The van der Waals surface area contributed by atoms with E-state index in [9.17, 15) is 9.59 Å². The van der Waals surface area contributed by atoms with Crippen LogP contribution in [0.1, 0.15) is 62.8 Å². The fourth-order valence-corrected chi connectivity index (χ4v) is 3.09. The lowest BCUT2D eigenvalue weighted by molar-refractivity contribution is -0.124. The standard InChI is InChI=1S/C17H25N3O4/c1-17(2,3)24-16(22)13-14(18-12-8-4-5-9-20(12)13)19-15(21)11-7-6-10-23-11/h11H,4-10H2,1-3H3,(H,19,21). The first-order chi connectivity index (χ1) is 11.3. The average molecular weight is 335 g/mol. The van der Waals surface area contributed by atoms with Crippen LogP contribution in [0.5, 0.6) is 0 Å². The Bertz CT molecular complexity index is 639. The molecule has 0 aliphatic carbocycles. The number of nitrogens with zero attached hydrogens (tertiary/aromatic N) is 2. The average Bonchev–Trinajstić information content (AvgIpc) is 3.12. The van der Waals surface area contributed by atoms with Crippen molar-refractivity contribution in [3.8, 4) is 0 Å². The Morgan fingerprint density at radius 2 is 2.08 bits per heavy atom. The SMILES string of the molecule is CC(C)(C)OC(=O)c1c(NC(=O)C2CCCO2)nc2n1CCCC2. The van der Waals surface area contributed by atoms with E-state index in [1.165, 1.54) is 0 Å². The highest BCUT2D eigenvalue weighted by Crippen LogP contribution is 2.26. The fraction of sp³-hybridized carbons (Fsp3) is 0.706. The van der Waals surface area contributed by atoms with Crippen LogP contribution in [0, 0.1) is 0 Å². The van der Waals surface area contributed by atoms with Gasteiger partial charge in [-0.3, -0.25) is 4.79 Å². The molecule has 1 aromatic heterocycles. The molecule has 1 fully saturated rings. The van der Waals surface area contributed by atoms with Gasteiger partial charge in [0.1, 0.15) is 17.5 Å². The number of rotatable bonds is 3. The van der Waals surface area contributed by atoms with Gasteiger partial charge in [0.2, 0.25) is 0 Å². The number of aryl methyl sites for hydroxylation is 1. The van der Waals surface area contributed by atoms with E-state index in [4.69, 9.17) is 9.47 Å². The molecule has 0 spiro atoms. The van der Waals surface area contributed by atoms with Crippen molar-refractivity contribution < 1.29 is 19.1 Å². The smallest absolute Gasteiger partial charge is 0.359 e. The third kappa shape index (κ3) is 3.61. The number of aromatic nitrogens is 2. The van der Waals surface area contributed by atoms with Crippen molar-refractivity contribution in [1.29, 1.82) is 0 Å². The second-order valence-corrected chi connectivity index (χ2v) is 7.33. The van der Waals surface area contributed by atoms with Crippen LogP contribution in [-0.2, 0) is 27.2 Å². The van der Waals surface area contributed by atoms with Gasteiger partial charge in [-0.25, -0.2) is 9.78 Å². The molecule has 2 aliphatic rings. The maximum Gasteiger partial charge on any atom is 0.359 e. The minimum absolute atomic E-state index is 0.243. The summed E-state index contributed by atoms with van der Waals surface area (Å²) in [6, 6.07) is 0. The number of hydrogen-bond donors (Lipinski definition) is 1. The van der Waals surface area contributed by atoms with Crippen LogP contribution in [0.4, 0.5) is 5.82 Å². The van der Waals surface area contributed by atoms with Crippen molar-refractivity contribution in [3.63, 3.8) is 0 Å².